The molecule has 0 radical (unpaired) electrons. The van der Waals surface area contributed by atoms with E-state index in [9.17, 15) is 13.2 Å². The van der Waals surface area contributed by atoms with Crippen LogP contribution in [0.3, 0.4) is 0 Å². The van der Waals surface area contributed by atoms with Crippen molar-refractivity contribution >= 4 is 33.4 Å². The van der Waals surface area contributed by atoms with Gasteiger partial charge in [0.2, 0.25) is 0 Å². The number of carbonyl (C=O) groups is 1. The third-order valence-electron chi connectivity index (χ3n) is 4.46. The predicted octanol–water partition coefficient (Wildman–Crippen LogP) is 3.90. The number of furan rings is 1. The van der Waals surface area contributed by atoms with Crippen molar-refractivity contribution < 1.29 is 17.6 Å². The maximum absolute atomic E-state index is 12.6. The van der Waals surface area contributed by atoms with E-state index in [0.717, 1.165) is 16.5 Å². The largest absolute Gasteiger partial charge is 0.459 e. The molecule has 1 N–H and O–H groups in total. The second-order valence-electron chi connectivity index (χ2n) is 6.39. The third-order valence-corrected chi connectivity index (χ3v) is 5.47. The van der Waals surface area contributed by atoms with E-state index in [1.165, 1.54) is 12.3 Å². The van der Waals surface area contributed by atoms with Gasteiger partial charge < -0.3 is 9.32 Å². The van der Waals surface area contributed by atoms with E-state index in [0.29, 0.717) is 24.3 Å². The van der Waals surface area contributed by atoms with Crippen LogP contribution in [0.15, 0.2) is 76.8 Å². The zero-order valence-corrected chi connectivity index (χ0v) is 15.7. The Hall–Kier alpha value is -3.32. The fourth-order valence-corrected chi connectivity index (χ4v) is 3.98. The molecule has 6 nitrogen and oxygen atoms in total. The lowest BCUT2D eigenvalue weighted by atomic mass is 10.1. The van der Waals surface area contributed by atoms with Crippen LogP contribution in [-0.4, -0.2) is 20.9 Å². The number of rotatable bonds is 5. The van der Waals surface area contributed by atoms with Crippen LogP contribution in [0.2, 0.25) is 0 Å². The first kappa shape index (κ1) is 18.1. The second kappa shape index (κ2) is 7.36. The Morgan fingerprint density at radius 3 is 2.64 bits per heavy atom. The molecule has 1 aliphatic heterocycles. The summed E-state index contributed by atoms with van der Waals surface area (Å²) in [5.41, 5.74) is 2.86. The number of carbonyl (C=O) groups excluding carboxylic acids is 1. The highest BCUT2D eigenvalue weighted by molar-refractivity contribution is 7.95. The van der Waals surface area contributed by atoms with Crippen LogP contribution in [0.1, 0.15) is 21.7 Å². The smallest absolute Gasteiger partial charge is 0.293 e. The number of fused-ring (bicyclic) bond motifs is 1. The average molecular weight is 394 g/mol. The third kappa shape index (κ3) is 3.84. The van der Waals surface area contributed by atoms with Gasteiger partial charge in [-0.2, -0.15) is 0 Å². The molecule has 0 spiro atoms. The second-order valence-corrected chi connectivity index (χ2v) is 7.95. The summed E-state index contributed by atoms with van der Waals surface area (Å²) in [5, 5.41) is 1.13. The number of nitrogens with one attached hydrogen (secondary N) is 1. The van der Waals surface area contributed by atoms with Gasteiger partial charge in [0, 0.05) is 12.2 Å². The standard InChI is InChI=1S/C21H18N2O4S/c24-21(20-7-4-13-27-20)23-12-10-17-8-9-18(15-19(17)23)22-28(25,26)14-11-16-5-2-1-3-6-16/h1-9,11,13-15,22H,10,12H2/b14-11+. The first-order chi connectivity index (χ1) is 13.5. The zero-order chi connectivity index (χ0) is 19.6. The molecule has 0 bridgehead atoms. The van der Waals surface area contributed by atoms with Gasteiger partial charge in [0.05, 0.1) is 17.4 Å². The van der Waals surface area contributed by atoms with Crippen LogP contribution >= 0.6 is 0 Å². The molecular weight excluding hydrogens is 376 g/mol. The monoisotopic (exact) mass is 394 g/mol. The number of anilines is 2. The fourth-order valence-electron chi connectivity index (χ4n) is 3.12. The summed E-state index contributed by atoms with van der Waals surface area (Å²) >= 11 is 0. The van der Waals surface area contributed by atoms with Crippen LogP contribution in [-0.2, 0) is 16.4 Å². The Bertz CT molecular complexity index is 1120. The molecule has 2 aromatic carbocycles. The molecule has 0 fully saturated rings. The van der Waals surface area contributed by atoms with Crippen molar-refractivity contribution in [1.82, 2.24) is 0 Å². The van der Waals surface area contributed by atoms with Crippen LogP contribution in [0.25, 0.3) is 6.08 Å². The highest BCUT2D eigenvalue weighted by Gasteiger charge is 2.27. The van der Waals surface area contributed by atoms with Gasteiger partial charge in [-0.05, 0) is 47.9 Å². The Labute approximate surface area is 163 Å². The molecule has 0 aliphatic carbocycles. The van der Waals surface area contributed by atoms with E-state index in [1.54, 1.807) is 29.2 Å². The van der Waals surface area contributed by atoms with Crippen molar-refractivity contribution in [3.8, 4) is 0 Å². The van der Waals surface area contributed by atoms with Gasteiger partial charge in [0.15, 0.2) is 5.76 Å². The normalized spacial score (nSPS) is 13.6. The van der Waals surface area contributed by atoms with Crippen molar-refractivity contribution in [2.45, 2.75) is 6.42 Å². The van der Waals surface area contributed by atoms with Crippen LogP contribution < -0.4 is 9.62 Å². The van der Waals surface area contributed by atoms with E-state index < -0.39 is 10.0 Å². The fraction of sp³-hybridized carbons (Fsp3) is 0.0952. The molecule has 28 heavy (non-hydrogen) atoms. The zero-order valence-electron chi connectivity index (χ0n) is 14.9. The Kier molecular flexibility index (Phi) is 4.75. The predicted molar refractivity (Wildman–Crippen MR) is 109 cm³/mol. The van der Waals surface area contributed by atoms with Gasteiger partial charge in [-0.25, -0.2) is 8.42 Å². The lowest BCUT2D eigenvalue weighted by Gasteiger charge is -2.17. The number of nitrogens with zero attached hydrogens (tertiary/aromatic N) is 1. The molecule has 1 aromatic heterocycles. The Balaban J connectivity index is 1.55. The summed E-state index contributed by atoms with van der Waals surface area (Å²) in [7, 11) is -3.68. The minimum Gasteiger partial charge on any atom is -0.459 e. The SMILES string of the molecule is O=C(c1ccco1)N1CCc2ccc(NS(=O)(=O)/C=C/c3ccccc3)cc21. The highest BCUT2D eigenvalue weighted by Crippen LogP contribution is 2.32. The molecule has 142 valence electrons. The minimum absolute atomic E-state index is 0.243. The summed E-state index contributed by atoms with van der Waals surface area (Å²) in [6.45, 7) is 0.527. The quantitative estimate of drug-likeness (QED) is 0.712. The van der Waals surface area contributed by atoms with Crippen molar-refractivity contribution in [1.29, 1.82) is 0 Å². The van der Waals surface area contributed by atoms with E-state index >= 15 is 0 Å². The Morgan fingerprint density at radius 1 is 1.07 bits per heavy atom. The molecule has 0 unspecified atom stereocenters. The van der Waals surface area contributed by atoms with Gasteiger partial charge in [-0.15, -0.1) is 0 Å². The first-order valence-corrected chi connectivity index (χ1v) is 10.3. The number of hydrogen-bond donors (Lipinski definition) is 1. The molecular formula is C21H18N2O4S. The van der Waals surface area contributed by atoms with Gasteiger partial charge in [0.25, 0.3) is 15.9 Å². The van der Waals surface area contributed by atoms with Gasteiger partial charge in [-0.3, -0.25) is 9.52 Å². The molecule has 1 aliphatic rings. The molecule has 0 saturated heterocycles. The summed E-state index contributed by atoms with van der Waals surface area (Å²) in [5.74, 6) is 0.0114. The number of benzene rings is 2. The average Bonchev–Trinajstić information content (AvgIpc) is 3.36. The lowest BCUT2D eigenvalue weighted by Crippen LogP contribution is -2.28. The molecule has 0 atom stereocenters. The van der Waals surface area contributed by atoms with Crippen molar-refractivity contribution in [2.24, 2.45) is 0 Å². The summed E-state index contributed by atoms with van der Waals surface area (Å²) in [4.78, 5) is 14.2. The van der Waals surface area contributed by atoms with Crippen LogP contribution in [0.5, 0.6) is 0 Å². The summed E-state index contributed by atoms with van der Waals surface area (Å²) in [6.07, 6.45) is 3.69. The maximum Gasteiger partial charge on any atom is 0.293 e. The number of sulfonamides is 1. The molecule has 4 rings (SSSR count). The summed E-state index contributed by atoms with van der Waals surface area (Å²) in [6, 6.07) is 17.7. The molecule has 0 saturated carbocycles. The van der Waals surface area contributed by atoms with Crippen molar-refractivity contribution in [3.63, 3.8) is 0 Å². The van der Waals surface area contributed by atoms with Gasteiger partial charge >= 0.3 is 0 Å². The summed E-state index contributed by atoms with van der Waals surface area (Å²) < 4.78 is 32.5. The lowest BCUT2D eigenvalue weighted by molar-refractivity contribution is 0.0963. The molecule has 2 heterocycles. The van der Waals surface area contributed by atoms with E-state index in [2.05, 4.69) is 4.72 Å². The topological polar surface area (TPSA) is 79.6 Å². The van der Waals surface area contributed by atoms with Gasteiger partial charge in [-0.1, -0.05) is 36.4 Å². The molecule has 7 heteroatoms. The highest BCUT2D eigenvalue weighted by atomic mass is 32.2. The minimum atomic E-state index is -3.68. The van der Waals surface area contributed by atoms with Crippen LogP contribution in [0, 0.1) is 0 Å². The van der Waals surface area contributed by atoms with Crippen LogP contribution in [0.4, 0.5) is 11.4 Å². The van der Waals surface area contributed by atoms with E-state index in [4.69, 9.17) is 4.42 Å². The van der Waals surface area contributed by atoms with E-state index in [-0.39, 0.29) is 11.7 Å². The van der Waals surface area contributed by atoms with Crippen molar-refractivity contribution in [2.75, 3.05) is 16.2 Å². The number of amides is 1. The Morgan fingerprint density at radius 2 is 1.89 bits per heavy atom. The molecule has 3 aromatic rings. The molecule has 1 amide bonds. The van der Waals surface area contributed by atoms with Gasteiger partial charge in [0.1, 0.15) is 0 Å². The van der Waals surface area contributed by atoms with E-state index in [1.807, 2.05) is 36.4 Å². The number of hydrogen-bond acceptors (Lipinski definition) is 4. The first-order valence-electron chi connectivity index (χ1n) is 8.76. The van der Waals surface area contributed by atoms with Crippen molar-refractivity contribution in [3.05, 3.63) is 89.2 Å². The maximum atomic E-state index is 12.6.